The van der Waals surface area contributed by atoms with Gasteiger partial charge in [-0.2, -0.15) is 0 Å². The molecule has 0 atom stereocenters. The van der Waals surface area contributed by atoms with Crippen molar-refractivity contribution < 1.29 is 14.0 Å². The third-order valence-electron chi connectivity index (χ3n) is 6.66. The summed E-state index contributed by atoms with van der Waals surface area (Å²) >= 11 is 0. The lowest BCUT2D eigenvalue weighted by Crippen LogP contribution is -2.52. The van der Waals surface area contributed by atoms with E-state index < -0.39 is 0 Å². The highest BCUT2D eigenvalue weighted by atomic mass is 19.1. The Balaban J connectivity index is 1.52. The average molecular weight is 447 g/mol. The third kappa shape index (κ3) is 7.76. The van der Waals surface area contributed by atoms with Gasteiger partial charge in [0.2, 0.25) is 5.91 Å². The second-order valence-electron chi connectivity index (χ2n) is 9.16. The lowest BCUT2D eigenvalue weighted by molar-refractivity contribution is -0.133. The van der Waals surface area contributed by atoms with Crippen molar-refractivity contribution in [3.8, 4) is 0 Å². The van der Waals surface area contributed by atoms with Crippen LogP contribution >= 0.6 is 0 Å². The van der Waals surface area contributed by atoms with Gasteiger partial charge < -0.3 is 15.1 Å². The summed E-state index contributed by atoms with van der Waals surface area (Å²) < 4.78 is 13.3. The fourth-order valence-corrected chi connectivity index (χ4v) is 4.54. The number of hydrogen-bond acceptors (Lipinski definition) is 3. The maximum absolute atomic E-state index is 13.3. The fraction of sp³-hybridized carbons (Fsp3) is 0.680. The van der Waals surface area contributed by atoms with E-state index in [1.807, 2.05) is 9.80 Å². The van der Waals surface area contributed by atoms with Gasteiger partial charge in [-0.25, -0.2) is 9.18 Å². The van der Waals surface area contributed by atoms with E-state index in [9.17, 15) is 14.0 Å². The van der Waals surface area contributed by atoms with Crippen LogP contribution in [0.3, 0.4) is 0 Å². The van der Waals surface area contributed by atoms with Crippen LogP contribution in [-0.2, 0) is 11.3 Å². The van der Waals surface area contributed by atoms with Crippen LogP contribution in [0.25, 0.3) is 0 Å². The highest BCUT2D eigenvalue weighted by Crippen LogP contribution is 2.18. The molecule has 1 aliphatic carbocycles. The van der Waals surface area contributed by atoms with Crippen LogP contribution in [-0.4, -0.2) is 71.9 Å². The van der Waals surface area contributed by atoms with Gasteiger partial charge in [-0.3, -0.25) is 9.69 Å². The molecule has 1 N–H and O–H groups in total. The predicted molar refractivity (Wildman–Crippen MR) is 125 cm³/mol. The zero-order valence-electron chi connectivity index (χ0n) is 19.5. The lowest BCUT2D eigenvalue weighted by Gasteiger charge is -2.36. The predicted octanol–water partition coefficient (Wildman–Crippen LogP) is 4.00. The largest absolute Gasteiger partial charge is 0.340 e. The van der Waals surface area contributed by atoms with Gasteiger partial charge in [0.05, 0.1) is 0 Å². The topological polar surface area (TPSA) is 55.9 Å². The number of hydrogen-bond donors (Lipinski definition) is 1. The first kappa shape index (κ1) is 24.5. The number of piperazine rings is 1. The minimum Gasteiger partial charge on any atom is -0.340 e. The highest BCUT2D eigenvalue weighted by Gasteiger charge is 2.23. The first-order valence-corrected chi connectivity index (χ1v) is 12.3. The Kier molecular flexibility index (Phi) is 9.78. The van der Waals surface area contributed by atoms with Gasteiger partial charge in [-0.05, 0) is 37.0 Å². The van der Waals surface area contributed by atoms with E-state index in [0.717, 1.165) is 64.0 Å². The quantitative estimate of drug-likeness (QED) is 0.624. The molecule has 0 unspecified atom stereocenters. The maximum atomic E-state index is 13.3. The fourth-order valence-electron chi connectivity index (χ4n) is 4.54. The van der Waals surface area contributed by atoms with Crippen LogP contribution < -0.4 is 5.32 Å². The summed E-state index contributed by atoms with van der Waals surface area (Å²) in [4.78, 5) is 31.5. The molecule has 3 amide bonds. The number of carbonyl (C=O) groups excluding carboxylic acids is 2. The van der Waals surface area contributed by atoms with Crippen molar-refractivity contribution in [2.45, 2.75) is 70.9 Å². The number of amides is 3. The summed E-state index contributed by atoms with van der Waals surface area (Å²) in [5.41, 5.74) is 0.927. The monoisotopic (exact) mass is 446 g/mol. The summed E-state index contributed by atoms with van der Waals surface area (Å²) in [7, 11) is 0. The molecule has 0 spiro atoms. The van der Waals surface area contributed by atoms with E-state index in [4.69, 9.17) is 0 Å². The van der Waals surface area contributed by atoms with E-state index >= 15 is 0 Å². The molecule has 178 valence electrons. The number of carbonyl (C=O) groups is 2. The summed E-state index contributed by atoms with van der Waals surface area (Å²) in [5.74, 6) is -0.00499. The first-order chi connectivity index (χ1) is 15.5. The Labute approximate surface area is 192 Å². The molecule has 1 saturated carbocycles. The molecule has 1 heterocycles. The molecule has 32 heavy (non-hydrogen) atoms. The van der Waals surface area contributed by atoms with Crippen LogP contribution in [0.2, 0.25) is 0 Å². The van der Waals surface area contributed by atoms with E-state index in [1.54, 1.807) is 12.1 Å². The molecule has 2 fully saturated rings. The van der Waals surface area contributed by atoms with Crippen molar-refractivity contribution in [1.29, 1.82) is 0 Å². The molecule has 1 aromatic carbocycles. The van der Waals surface area contributed by atoms with Gasteiger partial charge in [0.25, 0.3) is 0 Å². The lowest BCUT2D eigenvalue weighted by atomic mass is 9.96. The molecule has 1 aromatic rings. The zero-order valence-corrected chi connectivity index (χ0v) is 19.5. The minimum atomic E-state index is -0.265. The normalized spacial score (nSPS) is 17.9. The van der Waals surface area contributed by atoms with Crippen LogP contribution in [0.1, 0.15) is 63.9 Å². The van der Waals surface area contributed by atoms with Crippen LogP contribution in [0.5, 0.6) is 0 Å². The highest BCUT2D eigenvalue weighted by molar-refractivity contribution is 5.76. The number of benzene rings is 1. The van der Waals surface area contributed by atoms with Crippen molar-refractivity contribution in [3.05, 3.63) is 35.6 Å². The van der Waals surface area contributed by atoms with Gasteiger partial charge in [-0.1, -0.05) is 44.7 Å². The van der Waals surface area contributed by atoms with Gasteiger partial charge in [0.1, 0.15) is 5.82 Å². The minimum absolute atomic E-state index is 0.0328. The Morgan fingerprint density at radius 2 is 1.75 bits per heavy atom. The summed E-state index contributed by atoms with van der Waals surface area (Å²) in [6, 6.07) is 6.61. The molecule has 7 heteroatoms. The smallest absolute Gasteiger partial charge is 0.317 e. The van der Waals surface area contributed by atoms with E-state index in [-0.39, 0.29) is 23.8 Å². The van der Waals surface area contributed by atoms with Crippen molar-refractivity contribution in [1.82, 2.24) is 20.0 Å². The van der Waals surface area contributed by atoms with Crippen molar-refractivity contribution in [3.63, 3.8) is 0 Å². The number of nitrogens with zero attached hydrogens (tertiary/aromatic N) is 3. The van der Waals surface area contributed by atoms with Crippen molar-refractivity contribution >= 4 is 11.9 Å². The first-order valence-electron chi connectivity index (χ1n) is 12.3. The molecule has 6 nitrogen and oxygen atoms in total. The van der Waals surface area contributed by atoms with Gasteiger partial charge in [-0.15, -0.1) is 0 Å². The van der Waals surface area contributed by atoms with Crippen LogP contribution in [0, 0.1) is 5.82 Å². The summed E-state index contributed by atoms with van der Waals surface area (Å²) in [6.07, 6.45) is 8.32. The number of unbranched alkanes of at least 4 members (excludes halogenated alkanes) is 1. The summed E-state index contributed by atoms with van der Waals surface area (Å²) in [5, 5.41) is 3.22. The second-order valence-corrected chi connectivity index (χ2v) is 9.16. The number of nitrogens with one attached hydrogen (secondary N) is 1. The number of rotatable bonds is 9. The molecule has 2 aliphatic rings. The zero-order chi connectivity index (χ0) is 22.8. The molecule has 1 aliphatic heterocycles. The number of urea groups is 1. The standard InChI is InChI=1S/C25H39FN4O2/c1-2-3-9-24(31)29-17-14-28(15-18-29)16-19-30(20-21-10-12-22(26)13-11-21)25(32)27-23-7-5-4-6-8-23/h10-13,23H,2-9,14-20H2,1H3,(H,27,32). The molecule has 0 aromatic heterocycles. The van der Waals surface area contributed by atoms with Gasteiger partial charge >= 0.3 is 6.03 Å². The Morgan fingerprint density at radius 3 is 2.41 bits per heavy atom. The van der Waals surface area contributed by atoms with Crippen LogP contribution in [0.15, 0.2) is 24.3 Å². The maximum Gasteiger partial charge on any atom is 0.317 e. The molecular weight excluding hydrogens is 407 g/mol. The number of halogens is 1. The van der Waals surface area contributed by atoms with Crippen LogP contribution in [0.4, 0.5) is 9.18 Å². The van der Waals surface area contributed by atoms with Crippen molar-refractivity contribution in [2.75, 3.05) is 39.3 Å². The van der Waals surface area contributed by atoms with E-state index in [0.29, 0.717) is 19.5 Å². The SMILES string of the molecule is CCCCC(=O)N1CCN(CCN(Cc2ccc(F)cc2)C(=O)NC2CCCCC2)CC1. The Hall–Kier alpha value is -2.15. The van der Waals surface area contributed by atoms with E-state index in [1.165, 1.54) is 31.4 Å². The molecule has 1 saturated heterocycles. The molecule has 3 rings (SSSR count). The van der Waals surface area contributed by atoms with Gasteiger partial charge in [0.15, 0.2) is 0 Å². The van der Waals surface area contributed by atoms with Gasteiger partial charge in [0, 0.05) is 58.3 Å². The molecular formula is C25H39FN4O2. The van der Waals surface area contributed by atoms with E-state index in [2.05, 4.69) is 17.1 Å². The van der Waals surface area contributed by atoms with Crippen molar-refractivity contribution in [2.24, 2.45) is 0 Å². The Morgan fingerprint density at radius 1 is 1.06 bits per heavy atom. The second kappa shape index (κ2) is 12.8. The third-order valence-corrected chi connectivity index (χ3v) is 6.66. The molecule has 0 bridgehead atoms. The Bertz CT molecular complexity index is 713. The molecule has 0 radical (unpaired) electrons. The average Bonchev–Trinajstić information content (AvgIpc) is 2.82. The summed E-state index contributed by atoms with van der Waals surface area (Å²) in [6.45, 7) is 7.15.